The number of fused-ring (bicyclic) bond motifs is 1. The van der Waals surface area contributed by atoms with Crippen molar-refractivity contribution in [1.29, 1.82) is 5.41 Å². The van der Waals surface area contributed by atoms with Crippen molar-refractivity contribution in [2.24, 2.45) is 17.4 Å². The molecule has 2 amide bonds. The molecule has 1 heterocycles. The lowest BCUT2D eigenvalue weighted by Crippen LogP contribution is -2.68. The number of hydrogen-bond acceptors (Lipinski definition) is 5. The van der Waals surface area contributed by atoms with Gasteiger partial charge in [0.1, 0.15) is 18.4 Å². The average molecular weight is 561 g/mol. The largest absolute Gasteiger partial charge is 0.384 e. The van der Waals surface area contributed by atoms with Crippen molar-refractivity contribution in [3.05, 3.63) is 107 Å². The number of amides is 2. The van der Waals surface area contributed by atoms with Crippen LogP contribution in [0.2, 0.25) is 0 Å². The zero-order valence-corrected chi connectivity index (χ0v) is 22.9. The quantitative estimate of drug-likeness (QED) is 0.161. The molecule has 208 valence electrons. The van der Waals surface area contributed by atoms with Crippen LogP contribution in [-0.4, -0.2) is 48.7 Å². The number of rotatable bonds is 11. The van der Waals surface area contributed by atoms with Gasteiger partial charge < -0.3 is 11.5 Å². The van der Waals surface area contributed by atoms with E-state index in [1.165, 1.54) is 0 Å². The van der Waals surface area contributed by atoms with Gasteiger partial charge in [0.15, 0.2) is 5.54 Å². The first-order chi connectivity index (χ1) is 19.1. The van der Waals surface area contributed by atoms with Gasteiger partial charge in [-0.25, -0.2) is 17.7 Å². The van der Waals surface area contributed by atoms with Gasteiger partial charge in [-0.1, -0.05) is 84.9 Å². The van der Waals surface area contributed by atoms with E-state index in [9.17, 15) is 18.0 Å². The third kappa shape index (κ3) is 5.17. The number of amidine groups is 1. The van der Waals surface area contributed by atoms with Gasteiger partial charge in [-0.2, -0.15) is 4.72 Å². The summed E-state index contributed by atoms with van der Waals surface area (Å²) in [4.78, 5) is 27.7. The molecule has 2 fully saturated rings. The molecule has 1 aliphatic carbocycles. The van der Waals surface area contributed by atoms with Crippen LogP contribution in [0.1, 0.15) is 35.1 Å². The summed E-state index contributed by atoms with van der Waals surface area (Å²) in [5.74, 6) is -1.27. The zero-order chi connectivity index (χ0) is 28.5. The van der Waals surface area contributed by atoms with Crippen molar-refractivity contribution in [2.75, 3.05) is 6.54 Å². The van der Waals surface area contributed by atoms with Crippen LogP contribution in [0.25, 0.3) is 0 Å². The summed E-state index contributed by atoms with van der Waals surface area (Å²) >= 11 is 0. The van der Waals surface area contributed by atoms with E-state index in [2.05, 4.69) is 4.72 Å². The average Bonchev–Trinajstić information content (AvgIpc) is 3.60. The fraction of sp³-hybridized carbons (Fsp3) is 0.300. The highest BCUT2D eigenvalue weighted by Crippen LogP contribution is 2.61. The number of benzene rings is 3. The number of nitrogen functional groups attached to an aromatic ring is 1. The van der Waals surface area contributed by atoms with Crippen LogP contribution >= 0.6 is 0 Å². The smallest absolute Gasteiger partial charge is 0.333 e. The second kappa shape index (κ2) is 10.6. The predicted octanol–water partition coefficient (Wildman–Crippen LogP) is 2.19. The number of quaternary nitrogens is 1. The Balaban J connectivity index is 1.53. The minimum atomic E-state index is -3.92. The van der Waals surface area contributed by atoms with Gasteiger partial charge in [0.05, 0.1) is 12.3 Å². The Labute approximate surface area is 234 Å². The molecule has 1 aliphatic heterocycles. The molecule has 2 aliphatic rings. The lowest BCUT2D eigenvalue weighted by atomic mass is 10.00. The molecule has 0 bridgehead atoms. The maximum Gasteiger partial charge on any atom is 0.333 e. The van der Waals surface area contributed by atoms with Crippen LogP contribution < -0.4 is 16.2 Å². The van der Waals surface area contributed by atoms with E-state index in [1.54, 1.807) is 48.5 Å². The molecular formula is C30H34N5O4S+. The number of nitrogens with zero attached hydrogens (tertiary/aromatic N) is 1. The first-order valence-corrected chi connectivity index (χ1v) is 14.9. The van der Waals surface area contributed by atoms with Gasteiger partial charge in [-0.15, -0.1) is 0 Å². The van der Waals surface area contributed by atoms with Gasteiger partial charge in [0.25, 0.3) is 5.91 Å². The molecule has 5 rings (SSSR count). The molecule has 0 radical (unpaired) electrons. The van der Waals surface area contributed by atoms with Gasteiger partial charge in [-0.05, 0) is 11.1 Å². The van der Waals surface area contributed by atoms with Crippen LogP contribution in [-0.2, 0) is 38.3 Å². The molecule has 2 unspecified atom stereocenters. The summed E-state index contributed by atoms with van der Waals surface area (Å²) in [5, 5.41) is 7.68. The molecule has 9 nitrogen and oxygen atoms in total. The maximum absolute atomic E-state index is 14.7. The van der Waals surface area contributed by atoms with Crippen molar-refractivity contribution in [3.63, 3.8) is 0 Å². The van der Waals surface area contributed by atoms with Gasteiger partial charge in [0, 0.05) is 36.3 Å². The number of primary amides is 1. The van der Waals surface area contributed by atoms with Gasteiger partial charge >= 0.3 is 5.91 Å². The predicted molar refractivity (Wildman–Crippen MR) is 152 cm³/mol. The van der Waals surface area contributed by atoms with Crippen molar-refractivity contribution in [2.45, 2.75) is 43.1 Å². The van der Waals surface area contributed by atoms with E-state index < -0.39 is 27.5 Å². The zero-order valence-electron chi connectivity index (χ0n) is 22.1. The second-order valence-corrected chi connectivity index (χ2v) is 12.6. The topological polar surface area (TPSA) is 156 Å². The van der Waals surface area contributed by atoms with Crippen LogP contribution in [0.4, 0.5) is 0 Å². The summed E-state index contributed by atoms with van der Waals surface area (Å²) < 4.78 is 29.3. The Morgan fingerprint density at radius 3 is 2.08 bits per heavy atom. The third-order valence-corrected chi connectivity index (χ3v) is 9.72. The Bertz CT molecular complexity index is 1530. The summed E-state index contributed by atoms with van der Waals surface area (Å²) in [6.45, 7) is 0.564. The molecule has 0 spiro atoms. The molecule has 1 saturated heterocycles. The Hall–Kier alpha value is -3.86. The minimum absolute atomic E-state index is 0.0243. The minimum Gasteiger partial charge on any atom is -0.384 e. The van der Waals surface area contributed by atoms with Crippen LogP contribution in [0, 0.1) is 11.3 Å². The van der Waals surface area contributed by atoms with E-state index in [0.717, 1.165) is 11.1 Å². The lowest BCUT2D eigenvalue weighted by molar-refractivity contribution is -0.885. The maximum atomic E-state index is 14.7. The Morgan fingerprint density at radius 1 is 0.925 bits per heavy atom. The number of carbonyl (C=O) groups excluding carboxylic acids is 2. The van der Waals surface area contributed by atoms with E-state index in [1.807, 2.05) is 36.4 Å². The van der Waals surface area contributed by atoms with E-state index in [0.29, 0.717) is 30.5 Å². The fourth-order valence-corrected chi connectivity index (χ4v) is 7.69. The van der Waals surface area contributed by atoms with Crippen LogP contribution in [0.5, 0.6) is 0 Å². The molecule has 4 atom stereocenters. The van der Waals surface area contributed by atoms with Crippen molar-refractivity contribution in [3.8, 4) is 0 Å². The third-order valence-electron chi connectivity index (χ3n) is 8.36. The molecule has 1 saturated carbocycles. The first kappa shape index (κ1) is 27.7. The molecule has 6 N–H and O–H groups in total. The molecule has 40 heavy (non-hydrogen) atoms. The van der Waals surface area contributed by atoms with E-state index >= 15 is 0 Å². The number of hydrogen-bond donors (Lipinski definition) is 4. The van der Waals surface area contributed by atoms with E-state index in [-0.39, 0.29) is 40.9 Å². The molecular weight excluding hydrogens is 526 g/mol. The first-order valence-electron chi connectivity index (χ1n) is 13.3. The number of carbonyl (C=O) groups is 2. The SMILES string of the molecule is N=C(N)c1ccc(C[N+]2(C(=O)C(Cc3ccccc3)NS(=O)(=O)Cc3ccccc3)CC[C@@H]3C[C@@]32C(N)=O)cc1. The molecule has 3 aromatic rings. The fourth-order valence-electron chi connectivity index (χ4n) is 6.36. The van der Waals surface area contributed by atoms with E-state index in [4.69, 9.17) is 16.9 Å². The monoisotopic (exact) mass is 560 g/mol. The normalized spacial score (nSPS) is 24.1. The number of nitrogens with two attached hydrogens (primary N) is 2. The number of likely N-dealkylation sites (tertiary alicyclic amines) is 1. The lowest BCUT2D eigenvalue weighted by Gasteiger charge is -2.41. The van der Waals surface area contributed by atoms with Crippen LogP contribution in [0.15, 0.2) is 84.9 Å². The second-order valence-electron chi connectivity index (χ2n) is 10.9. The summed E-state index contributed by atoms with van der Waals surface area (Å²) in [6.07, 6.45) is 1.28. The highest BCUT2D eigenvalue weighted by atomic mass is 32.2. The number of piperidine rings is 1. The van der Waals surface area contributed by atoms with Crippen molar-refractivity contribution in [1.82, 2.24) is 4.72 Å². The highest BCUT2D eigenvalue weighted by Gasteiger charge is 2.79. The van der Waals surface area contributed by atoms with Crippen LogP contribution in [0.3, 0.4) is 0 Å². The standard InChI is InChI=1S/C30H33N5O4S/c31-27(32)24-13-11-22(12-14-24)19-35(16-15-25-18-30(25,35)29(33)37)28(36)26(17-21-7-3-1-4-8-21)34-40(38,39)20-23-9-5-2-6-10-23/h1-14,25-26,34H,15-20H2,(H4-,31,32,33,37)/p+1/t25-,26?,30+,35?/m1/s1. The van der Waals surface area contributed by atoms with Gasteiger partial charge in [-0.3, -0.25) is 10.2 Å². The Kier molecular flexibility index (Phi) is 7.34. The van der Waals surface area contributed by atoms with Crippen molar-refractivity contribution < 1.29 is 22.5 Å². The highest BCUT2D eigenvalue weighted by molar-refractivity contribution is 7.88. The van der Waals surface area contributed by atoms with Gasteiger partial charge in [0.2, 0.25) is 10.0 Å². The number of sulfonamides is 1. The summed E-state index contributed by atoms with van der Waals surface area (Å²) in [5.41, 5.74) is 13.3. The molecule has 0 aromatic heterocycles. The van der Waals surface area contributed by atoms with Crippen molar-refractivity contribution >= 4 is 27.7 Å². The number of nitrogens with one attached hydrogen (secondary N) is 2. The molecule has 3 aromatic carbocycles. The summed E-state index contributed by atoms with van der Waals surface area (Å²) in [7, 11) is -3.92. The summed E-state index contributed by atoms with van der Waals surface area (Å²) in [6, 6.07) is 23.9. The molecule has 10 heteroatoms. The Morgan fingerprint density at radius 2 is 1.52 bits per heavy atom.